The monoisotopic (exact) mass is 217 g/mol. The van der Waals surface area contributed by atoms with Crippen molar-refractivity contribution >= 4 is 5.69 Å². The van der Waals surface area contributed by atoms with Crippen molar-refractivity contribution in [3.8, 4) is 11.4 Å². The maximum Gasteiger partial charge on any atom is 0.204 e. The maximum absolute atomic E-state index is 5.61. The van der Waals surface area contributed by atoms with Crippen LogP contribution < -0.4 is 5.73 Å². The molecular formula is C11H15N5. The summed E-state index contributed by atoms with van der Waals surface area (Å²) < 4.78 is 0. The zero-order valence-corrected chi connectivity index (χ0v) is 9.30. The molecule has 5 nitrogen and oxygen atoms in total. The van der Waals surface area contributed by atoms with Gasteiger partial charge in [0, 0.05) is 11.3 Å². The molecule has 0 saturated heterocycles. The van der Waals surface area contributed by atoms with Gasteiger partial charge in [-0.3, -0.25) is 0 Å². The van der Waals surface area contributed by atoms with E-state index in [2.05, 4.69) is 22.3 Å². The van der Waals surface area contributed by atoms with Gasteiger partial charge in [0.2, 0.25) is 5.82 Å². The van der Waals surface area contributed by atoms with E-state index in [4.69, 9.17) is 5.73 Å². The van der Waals surface area contributed by atoms with Gasteiger partial charge in [0.25, 0.3) is 0 Å². The summed E-state index contributed by atoms with van der Waals surface area (Å²) in [5.74, 6) is 0.649. The number of hydrogen-bond donors (Lipinski definition) is 1. The van der Waals surface area contributed by atoms with Gasteiger partial charge >= 0.3 is 0 Å². The molecule has 0 aliphatic heterocycles. The fraction of sp³-hybridized carbons (Fsp3) is 0.364. The number of rotatable bonds is 4. The topological polar surface area (TPSA) is 69.6 Å². The minimum absolute atomic E-state index is 0.649. The van der Waals surface area contributed by atoms with Crippen LogP contribution >= 0.6 is 0 Å². The lowest BCUT2D eigenvalue weighted by Crippen LogP contribution is -2.01. The van der Waals surface area contributed by atoms with Gasteiger partial charge in [-0.05, 0) is 35.9 Å². The van der Waals surface area contributed by atoms with Gasteiger partial charge in [0.1, 0.15) is 0 Å². The van der Waals surface area contributed by atoms with Gasteiger partial charge in [-0.2, -0.15) is 4.80 Å². The van der Waals surface area contributed by atoms with E-state index >= 15 is 0 Å². The Labute approximate surface area is 94.3 Å². The molecular weight excluding hydrogens is 202 g/mol. The number of tetrazole rings is 1. The number of hydrogen-bond acceptors (Lipinski definition) is 4. The van der Waals surface area contributed by atoms with Gasteiger partial charge < -0.3 is 5.73 Å². The molecule has 2 rings (SSSR count). The Morgan fingerprint density at radius 1 is 1.25 bits per heavy atom. The van der Waals surface area contributed by atoms with E-state index in [1.165, 1.54) is 0 Å². The van der Waals surface area contributed by atoms with Crippen molar-refractivity contribution in [2.45, 2.75) is 26.3 Å². The molecule has 1 aromatic heterocycles. The van der Waals surface area contributed by atoms with Gasteiger partial charge in [-0.25, -0.2) is 0 Å². The Bertz CT molecular complexity index is 446. The molecule has 0 aliphatic rings. The molecule has 0 radical (unpaired) electrons. The Hall–Kier alpha value is -1.91. The predicted octanol–water partition coefficient (Wildman–Crippen LogP) is 1.72. The standard InChI is InChI=1S/C11H15N5/c1-2-3-8-16-14-11(13-15-16)9-4-6-10(12)7-5-9/h4-7H,2-3,8,12H2,1H3. The molecule has 0 spiro atoms. The molecule has 0 bridgehead atoms. The summed E-state index contributed by atoms with van der Waals surface area (Å²) in [5, 5.41) is 12.3. The fourth-order valence-electron chi connectivity index (χ4n) is 1.39. The van der Waals surface area contributed by atoms with Crippen LogP contribution in [0.2, 0.25) is 0 Å². The normalized spacial score (nSPS) is 10.6. The summed E-state index contributed by atoms with van der Waals surface area (Å²) in [6.07, 6.45) is 2.19. The van der Waals surface area contributed by atoms with Gasteiger partial charge in [0.05, 0.1) is 6.54 Å². The second-order valence-corrected chi connectivity index (χ2v) is 3.68. The van der Waals surface area contributed by atoms with E-state index in [-0.39, 0.29) is 0 Å². The van der Waals surface area contributed by atoms with Crippen molar-refractivity contribution in [2.24, 2.45) is 0 Å². The van der Waals surface area contributed by atoms with Crippen molar-refractivity contribution in [3.05, 3.63) is 24.3 Å². The number of aromatic nitrogens is 4. The van der Waals surface area contributed by atoms with Crippen molar-refractivity contribution in [1.82, 2.24) is 20.2 Å². The first-order chi connectivity index (χ1) is 7.79. The van der Waals surface area contributed by atoms with Crippen LogP contribution in [0, 0.1) is 0 Å². The number of unbranched alkanes of at least 4 members (excludes halogenated alkanes) is 1. The summed E-state index contributed by atoms with van der Waals surface area (Å²) in [4.78, 5) is 1.63. The Morgan fingerprint density at radius 2 is 2.00 bits per heavy atom. The highest BCUT2D eigenvalue weighted by atomic mass is 15.6. The highest BCUT2D eigenvalue weighted by molar-refractivity contribution is 5.57. The van der Waals surface area contributed by atoms with Crippen molar-refractivity contribution < 1.29 is 0 Å². The first kappa shape index (κ1) is 10.6. The van der Waals surface area contributed by atoms with Crippen LogP contribution in [-0.4, -0.2) is 20.2 Å². The number of nitrogens with two attached hydrogens (primary N) is 1. The molecule has 0 amide bonds. The number of nitrogens with zero attached hydrogens (tertiary/aromatic N) is 4. The lowest BCUT2D eigenvalue weighted by Gasteiger charge is -1.96. The molecule has 1 heterocycles. The number of nitrogen functional groups attached to an aromatic ring is 1. The van der Waals surface area contributed by atoms with Crippen LogP contribution in [0.5, 0.6) is 0 Å². The molecule has 2 N–H and O–H groups in total. The lowest BCUT2D eigenvalue weighted by molar-refractivity contribution is 0.496. The quantitative estimate of drug-likeness (QED) is 0.792. The van der Waals surface area contributed by atoms with E-state index in [0.29, 0.717) is 5.82 Å². The highest BCUT2D eigenvalue weighted by Gasteiger charge is 2.04. The smallest absolute Gasteiger partial charge is 0.204 e. The Balaban J connectivity index is 2.15. The van der Waals surface area contributed by atoms with Crippen LogP contribution in [0.1, 0.15) is 19.8 Å². The van der Waals surface area contributed by atoms with Crippen LogP contribution in [0.3, 0.4) is 0 Å². The van der Waals surface area contributed by atoms with Gasteiger partial charge in [0.15, 0.2) is 0 Å². The summed E-state index contributed by atoms with van der Waals surface area (Å²) in [5.41, 5.74) is 7.29. The molecule has 2 aromatic rings. The first-order valence-corrected chi connectivity index (χ1v) is 5.43. The summed E-state index contributed by atoms with van der Waals surface area (Å²) >= 11 is 0. The number of aryl methyl sites for hydroxylation is 1. The van der Waals surface area contributed by atoms with Crippen LogP contribution in [0.25, 0.3) is 11.4 Å². The summed E-state index contributed by atoms with van der Waals surface area (Å²) in [6.45, 7) is 2.95. The molecule has 0 fully saturated rings. The average Bonchev–Trinajstić information content (AvgIpc) is 2.76. The van der Waals surface area contributed by atoms with E-state index in [0.717, 1.165) is 30.6 Å². The first-order valence-electron chi connectivity index (χ1n) is 5.43. The van der Waals surface area contributed by atoms with E-state index in [1.54, 1.807) is 4.80 Å². The van der Waals surface area contributed by atoms with Gasteiger partial charge in [-0.15, -0.1) is 10.2 Å². The zero-order valence-electron chi connectivity index (χ0n) is 9.30. The molecule has 84 valence electrons. The Morgan fingerprint density at radius 3 is 2.69 bits per heavy atom. The van der Waals surface area contributed by atoms with E-state index < -0.39 is 0 Å². The average molecular weight is 217 g/mol. The van der Waals surface area contributed by atoms with Crippen molar-refractivity contribution in [1.29, 1.82) is 0 Å². The third-order valence-electron chi connectivity index (χ3n) is 2.33. The van der Waals surface area contributed by atoms with E-state index in [9.17, 15) is 0 Å². The molecule has 0 saturated carbocycles. The summed E-state index contributed by atoms with van der Waals surface area (Å²) in [6, 6.07) is 7.47. The lowest BCUT2D eigenvalue weighted by atomic mass is 10.2. The molecule has 1 aromatic carbocycles. The predicted molar refractivity (Wildman–Crippen MR) is 62.6 cm³/mol. The van der Waals surface area contributed by atoms with Gasteiger partial charge in [-0.1, -0.05) is 13.3 Å². The molecule has 0 atom stereocenters. The molecule has 5 heteroatoms. The number of anilines is 1. The number of benzene rings is 1. The van der Waals surface area contributed by atoms with Crippen molar-refractivity contribution in [2.75, 3.05) is 5.73 Å². The minimum atomic E-state index is 0.649. The third-order valence-corrected chi connectivity index (χ3v) is 2.33. The molecule has 0 aliphatic carbocycles. The summed E-state index contributed by atoms with van der Waals surface area (Å²) in [7, 11) is 0. The fourth-order valence-corrected chi connectivity index (χ4v) is 1.39. The minimum Gasteiger partial charge on any atom is -0.399 e. The SMILES string of the molecule is CCCCn1nnc(-c2ccc(N)cc2)n1. The largest absolute Gasteiger partial charge is 0.399 e. The maximum atomic E-state index is 5.61. The molecule has 16 heavy (non-hydrogen) atoms. The second kappa shape index (κ2) is 4.74. The second-order valence-electron chi connectivity index (χ2n) is 3.68. The Kier molecular flexibility index (Phi) is 3.14. The van der Waals surface area contributed by atoms with Crippen molar-refractivity contribution in [3.63, 3.8) is 0 Å². The van der Waals surface area contributed by atoms with Crippen LogP contribution in [0.4, 0.5) is 5.69 Å². The van der Waals surface area contributed by atoms with Crippen LogP contribution in [-0.2, 0) is 6.54 Å². The van der Waals surface area contributed by atoms with Crippen LogP contribution in [0.15, 0.2) is 24.3 Å². The third kappa shape index (κ3) is 2.36. The molecule has 0 unspecified atom stereocenters. The van der Waals surface area contributed by atoms with E-state index in [1.807, 2.05) is 24.3 Å². The highest BCUT2D eigenvalue weighted by Crippen LogP contribution is 2.15. The zero-order chi connectivity index (χ0) is 11.4.